The van der Waals surface area contributed by atoms with Gasteiger partial charge in [-0.3, -0.25) is 0 Å². The summed E-state index contributed by atoms with van der Waals surface area (Å²) in [6, 6.07) is 8.08. The van der Waals surface area contributed by atoms with Gasteiger partial charge in [-0.25, -0.2) is 4.98 Å². The first-order chi connectivity index (χ1) is 7.27. The Morgan fingerprint density at radius 1 is 1.33 bits per heavy atom. The first-order valence-corrected chi connectivity index (χ1v) is 5.12. The van der Waals surface area contributed by atoms with Gasteiger partial charge in [-0.15, -0.1) is 0 Å². The average Bonchev–Trinajstić information content (AvgIpc) is 2.63. The lowest BCUT2D eigenvalue weighted by molar-refractivity contribution is 0.373. The van der Waals surface area contributed by atoms with Crippen molar-refractivity contribution in [2.45, 2.75) is 19.9 Å². The third-order valence-electron chi connectivity index (χ3n) is 3.00. The molecule has 76 valence electrons. The van der Waals surface area contributed by atoms with Crippen molar-refractivity contribution in [3.05, 3.63) is 35.8 Å². The van der Waals surface area contributed by atoms with Gasteiger partial charge in [-0.2, -0.15) is 0 Å². The summed E-state index contributed by atoms with van der Waals surface area (Å²) in [6.07, 6.45) is 0.708. The zero-order valence-corrected chi connectivity index (χ0v) is 8.57. The number of allylic oxidation sites excluding steroid dienone is 2. The van der Waals surface area contributed by atoms with Crippen molar-refractivity contribution >= 4 is 16.6 Å². The Bertz CT molecular complexity index is 566. The van der Waals surface area contributed by atoms with E-state index < -0.39 is 0 Å². The predicted molar refractivity (Wildman–Crippen MR) is 59.6 cm³/mol. The second-order valence-corrected chi connectivity index (χ2v) is 3.90. The van der Waals surface area contributed by atoms with E-state index in [1.165, 1.54) is 0 Å². The number of benzene rings is 1. The number of hydrogen-bond acceptors (Lipinski definition) is 2. The number of para-hydroxylation sites is 2. The van der Waals surface area contributed by atoms with Gasteiger partial charge in [0.05, 0.1) is 11.0 Å². The van der Waals surface area contributed by atoms with E-state index in [1.807, 2.05) is 25.1 Å². The number of aliphatic hydroxyl groups excluding tert-OH is 1. The molecule has 0 saturated heterocycles. The van der Waals surface area contributed by atoms with Gasteiger partial charge < -0.3 is 9.67 Å². The van der Waals surface area contributed by atoms with E-state index in [1.54, 1.807) is 0 Å². The van der Waals surface area contributed by atoms with Crippen LogP contribution >= 0.6 is 0 Å². The van der Waals surface area contributed by atoms with Crippen LogP contribution in [0.3, 0.4) is 0 Å². The molecule has 1 aromatic carbocycles. The van der Waals surface area contributed by atoms with Gasteiger partial charge in [0.25, 0.3) is 0 Å². The van der Waals surface area contributed by atoms with Gasteiger partial charge in [0.2, 0.25) is 0 Å². The molecule has 0 radical (unpaired) electrons. The Morgan fingerprint density at radius 2 is 2.13 bits per heavy atom. The van der Waals surface area contributed by atoms with Crippen LogP contribution in [0.5, 0.6) is 0 Å². The SMILES string of the molecule is CC1=C(O)CCn2c1nc1ccccc12. The highest BCUT2D eigenvalue weighted by molar-refractivity contribution is 5.80. The molecule has 2 aromatic rings. The number of hydrogen-bond donors (Lipinski definition) is 1. The fraction of sp³-hybridized carbons (Fsp3) is 0.250. The molecule has 0 saturated carbocycles. The summed E-state index contributed by atoms with van der Waals surface area (Å²) in [5.74, 6) is 1.37. The highest BCUT2D eigenvalue weighted by Gasteiger charge is 2.18. The third-order valence-corrected chi connectivity index (χ3v) is 3.00. The van der Waals surface area contributed by atoms with Crippen molar-refractivity contribution in [1.29, 1.82) is 0 Å². The van der Waals surface area contributed by atoms with Gasteiger partial charge in [0, 0.05) is 18.5 Å². The van der Waals surface area contributed by atoms with Crippen LogP contribution in [-0.4, -0.2) is 14.7 Å². The van der Waals surface area contributed by atoms with E-state index in [9.17, 15) is 5.11 Å². The van der Waals surface area contributed by atoms with E-state index >= 15 is 0 Å². The summed E-state index contributed by atoms with van der Waals surface area (Å²) in [6.45, 7) is 2.74. The van der Waals surface area contributed by atoms with Crippen LogP contribution < -0.4 is 0 Å². The largest absolute Gasteiger partial charge is 0.512 e. The summed E-state index contributed by atoms with van der Waals surface area (Å²) in [4.78, 5) is 4.53. The predicted octanol–water partition coefficient (Wildman–Crippen LogP) is 2.73. The van der Waals surface area contributed by atoms with E-state index in [4.69, 9.17) is 0 Å². The van der Waals surface area contributed by atoms with Gasteiger partial charge in [0.1, 0.15) is 11.6 Å². The van der Waals surface area contributed by atoms with Crippen molar-refractivity contribution in [2.24, 2.45) is 0 Å². The van der Waals surface area contributed by atoms with Crippen LogP contribution in [-0.2, 0) is 6.54 Å². The topological polar surface area (TPSA) is 38.0 Å². The molecule has 1 aliphatic heterocycles. The Morgan fingerprint density at radius 3 is 3.00 bits per heavy atom. The summed E-state index contributed by atoms with van der Waals surface area (Å²) in [7, 11) is 0. The van der Waals surface area contributed by atoms with Crippen molar-refractivity contribution < 1.29 is 5.11 Å². The number of rotatable bonds is 0. The highest BCUT2D eigenvalue weighted by Crippen LogP contribution is 2.28. The number of aryl methyl sites for hydroxylation is 1. The van der Waals surface area contributed by atoms with Crippen molar-refractivity contribution in [3.8, 4) is 0 Å². The molecule has 15 heavy (non-hydrogen) atoms. The summed E-state index contributed by atoms with van der Waals surface area (Å²) >= 11 is 0. The molecule has 0 atom stereocenters. The van der Waals surface area contributed by atoms with Crippen LogP contribution in [0.25, 0.3) is 16.6 Å². The molecule has 2 heterocycles. The molecule has 0 unspecified atom stereocenters. The van der Waals surface area contributed by atoms with Gasteiger partial charge >= 0.3 is 0 Å². The molecule has 0 aliphatic carbocycles. The minimum Gasteiger partial charge on any atom is -0.512 e. The number of nitrogens with zero attached hydrogens (tertiary/aromatic N) is 2. The monoisotopic (exact) mass is 200 g/mol. The van der Waals surface area contributed by atoms with E-state index in [0.717, 1.165) is 29.0 Å². The lowest BCUT2D eigenvalue weighted by atomic mass is 10.1. The fourth-order valence-electron chi connectivity index (χ4n) is 2.12. The minimum absolute atomic E-state index is 0.470. The average molecular weight is 200 g/mol. The Hall–Kier alpha value is -1.77. The molecule has 0 spiro atoms. The van der Waals surface area contributed by atoms with Crippen molar-refractivity contribution in [2.75, 3.05) is 0 Å². The quantitative estimate of drug-likeness (QED) is 0.710. The zero-order valence-electron chi connectivity index (χ0n) is 8.57. The molecule has 3 nitrogen and oxygen atoms in total. The van der Waals surface area contributed by atoms with E-state index in [2.05, 4.69) is 15.6 Å². The molecule has 0 bridgehead atoms. The molecule has 1 aliphatic rings. The van der Waals surface area contributed by atoms with E-state index in [0.29, 0.717) is 12.2 Å². The fourth-order valence-corrected chi connectivity index (χ4v) is 2.12. The van der Waals surface area contributed by atoms with Crippen LogP contribution in [0.15, 0.2) is 30.0 Å². The Balaban J connectivity index is 2.37. The zero-order chi connectivity index (χ0) is 10.4. The van der Waals surface area contributed by atoms with Gasteiger partial charge in [-0.05, 0) is 19.1 Å². The normalized spacial score (nSPS) is 15.8. The lowest BCUT2D eigenvalue weighted by Gasteiger charge is -2.16. The summed E-state index contributed by atoms with van der Waals surface area (Å²) < 4.78 is 2.17. The maximum Gasteiger partial charge on any atom is 0.140 e. The van der Waals surface area contributed by atoms with Crippen molar-refractivity contribution in [3.63, 3.8) is 0 Å². The minimum atomic E-state index is 0.470. The molecule has 3 heteroatoms. The number of aromatic nitrogens is 2. The molecule has 0 fully saturated rings. The maximum absolute atomic E-state index is 9.68. The molecule has 3 rings (SSSR count). The van der Waals surface area contributed by atoms with Crippen LogP contribution in [0, 0.1) is 0 Å². The molecule has 0 amide bonds. The Labute approximate surface area is 87.7 Å². The summed E-state index contributed by atoms with van der Waals surface area (Å²) in [5.41, 5.74) is 3.05. The van der Waals surface area contributed by atoms with Crippen molar-refractivity contribution in [1.82, 2.24) is 9.55 Å². The molecule has 1 aromatic heterocycles. The first-order valence-electron chi connectivity index (χ1n) is 5.12. The second-order valence-electron chi connectivity index (χ2n) is 3.90. The molecular formula is C12H12N2O. The lowest BCUT2D eigenvalue weighted by Crippen LogP contribution is -2.10. The van der Waals surface area contributed by atoms with Gasteiger partial charge in [-0.1, -0.05) is 12.1 Å². The Kier molecular flexibility index (Phi) is 1.63. The molecule has 1 N–H and O–H groups in total. The van der Waals surface area contributed by atoms with Crippen LogP contribution in [0.2, 0.25) is 0 Å². The molecular weight excluding hydrogens is 188 g/mol. The standard InChI is InChI=1S/C12H12N2O/c1-8-11(15)6-7-14-10-5-3-2-4-9(10)13-12(8)14/h2-5,15H,6-7H2,1H3. The smallest absolute Gasteiger partial charge is 0.140 e. The first kappa shape index (κ1) is 8.53. The van der Waals surface area contributed by atoms with Crippen LogP contribution in [0.1, 0.15) is 19.2 Å². The van der Waals surface area contributed by atoms with Crippen LogP contribution in [0.4, 0.5) is 0 Å². The number of imidazole rings is 1. The highest BCUT2D eigenvalue weighted by atomic mass is 16.3. The maximum atomic E-state index is 9.68. The summed E-state index contributed by atoms with van der Waals surface area (Å²) in [5, 5.41) is 9.68. The van der Waals surface area contributed by atoms with E-state index in [-0.39, 0.29) is 0 Å². The number of fused-ring (bicyclic) bond motifs is 3. The second kappa shape index (κ2) is 2.86. The van der Waals surface area contributed by atoms with Gasteiger partial charge in [0.15, 0.2) is 0 Å². The number of aliphatic hydroxyl groups is 1. The third kappa shape index (κ3) is 1.09.